The molecule has 3 atom stereocenters. The van der Waals surface area contributed by atoms with Gasteiger partial charge in [0.2, 0.25) is 0 Å². The van der Waals surface area contributed by atoms with Gasteiger partial charge in [0.25, 0.3) is 0 Å². The van der Waals surface area contributed by atoms with Crippen LogP contribution in [-0.2, 0) is 15.9 Å². The number of aliphatic hydroxyl groups excluding tert-OH is 1. The van der Waals surface area contributed by atoms with E-state index in [1.165, 1.54) is 5.56 Å². The molecule has 20 heavy (non-hydrogen) atoms. The van der Waals surface area contributed by atoms with Crippen LogP contribution in [0.2, 0.25) is 0 Å². The second kappa shape index (κ2) is 6.25. The molecule has 1 aromatic carbocycles. The van der Waals surface area contributed by atoms with Crippen LogP contribution >= 0.6 is 0 Å². The molecule has 0 amide bonds. The Morgan fingerprint density at radius 1 is 1.15 bits per heavy atom. The van der Waals surface area contributed by atoms with Gasteiger partial charge in [0.05, 0.1) is 6.10 Å². The van der Waals surface area contributed by atoms with E-state index >= 15 is 0 Å². The summed E-state index contributed by atoms with van der Waals surface area (Å²) in [5.74, 6) is 0.236. The van der Waals surface area contributed by atoms with Crippen molar-refractivity contribution in [2.24, 2.45) is 11.3 Å². The normalized spacial score (nSPS) is 29.6. The Balaban J connectivity index is 2.03. The van der Waals surface area contributed by atoms with E-state index in [4.69, 9.17) is 9.47 Å². The van der Waals surface area contributed by atoms with Gasteiger partial charge in [-0.1, -0.05) is 58.0 Å². The number of aliphatic hydroxyl groups is 1. The lowest BCUT2D eigenvalue weighted by Crippen LogP contribution is -2.53. The Morgan fingerprint density at radius 3 is 2.40 bits per heavy atom. The lowest BCUT2D eigenvalue weighted by atomic mass is 9.81. The first-order chi connectivity index (χ1) is 9.41. The maximum atomic E-state index is 10.2. The fourth-order valence-corrected chi connectivity index (χ4v) is 2.53. The number of hydrogen-bond acceptors (Lipinski definition) is 3. The van der Waals surface area contributed by atoms with Crippen LogP contribution in [0.25, 0.3) is 0 Å². The second-order valence-corrected chi connectivity index (χ2v) is 6.57. The average Bonchev–Trinajstić information content (AvgIpc) is 2.41. The van der Waals surface area contributed by atoms with Gasteiger partial charge in [0, 0.05) is 11.3 Å². The summed E-state index contributed by atoms with van der Waals surface area (Å²) >= 11 is 0. The van der Waals surface area contributed by atoms with Crippen molar-refractivity contribution in [2.45, 2.75) is 59.2 Å². The number of aryl methyl sites for hydroxylation is 1. The van der Waals surface area contributed by atoms with Crippen molar-refractivity contribution >= 4 is 0 Å². The van der Waals surface area contributed by atoms with Gasteiger partial charge in [-0.25, -0.2) is 0 Å². The Bertz CT molecular complexity index is 414. The predicted octanol–water partition coefficient (Wildman–Crippen LogP) is 3.36. The minimum Gasteiger partial charge on any atom is -0.367 e. The summed E-state index contributed by atoms with van der Waals surface area (Å²) in [6.07, 6.45) is 0.745. The molecule has 0 bridgehead atoms. The molecule has 0 saturated carbocycles. The van der Waals surface area contributed by atoms with Gasteiger partial charge in [-0.3, -0.25) is 0 Å². The molecule has 1 N–H and O–H groups in total. The van der Waals surface area contributed by atoms with Crippen LogP contribution in [0.1, 0.15) is 39.7 Å². The summed E-state index contributed by atoms with van der Waals surface area (Å²) in [4.78, 5) is 0. The first-order valence-electron chi connectivity index (χ1n) is 7.44. The van der Waals surface area contributed by atoms with Crippen LogP contribution in [-0.4, -0.2) is 23.8 Å². The predicted molar refractivity (Wildman–Crippen MR) is 79.1 cm³/mol. The highest BCUT2D eigenvalue weighted by Crippen LogP contribution is 2.38. The van der Waals surface area contributed by atoms with E-state index in [0.29, 0.717) is 0 Å². The van der Waals surface area contributed by atoms with Crippen molar-refractivity contribution in [3.63, 3.8) is 0 Å². The molecular formula is C17H26O3. The molecule has 1 aliphatic rings. The van der Waals surface area contributed by atoms with E-state index in [1.54, 1.807) is 0 Å². The lowest BCUT2D eigenvalue weighted by Gasteiger charge is -2.46. The zero-order chi connectivity index (χ0) is 14.8. The Labute approximate surface area is 121 Å². The van der Waals surface area contributed by atoms with E-state index in [1.807, 2.05) is 33.8 Å². The third-order valence-corrected chi connectivity index (χ3v) is 4.11. The molecule has 1 aromatic rings. The molecule has 0 unspecified atom stereocenters. The minimum absolute atomic E-state index is 0.00106. The van der Waals surface area contributed by atoms with Crippen LogP contribution in [0.5, 0.6) is 0 Å². The quantitative estimate of drug-likeness (QED) is 0.918. The van der Waals surface area contributed by atoms with E-state index in [2.05, 4.69) is 24.3 Å². The summed E-state index contributed by atoms with van der Waals surface area (Å²) in [7, 11) is 0. The van der Waals surface area contributed by atoms with Crippen LogP contribution < -0.4 is 0 Å². The van der Waals surface area contributed by atoms with Crippen molar-refractivity contribution in [3.8, 4) is 0 Å². The van der Waals surface area contributed by atoms with Crippen molar-refractivity contribution in [1.29, 1.82) is 0 Å². The minimum atomic E-state index is -0.774. The zero-order valence-electron chi connectivity index (χ0n) is 12.9. The average molecular weight is 278 g/mol. The molecule has 1 heterocycles. The maximum absolute atomic E-state index is 10.2. The summed E-state index contributed by atoms with van der Waals surface area (Å²) in [6, 6.07) is 10.4. The topological polar surface area (TPSA) is 38.7 Å². The highest BCUT2D eigenvalue weighted by Gasteiger charge is 2.45. The summed E-state index contributed by atoms with van der Waals surface area (Å²) in [5, 5.41) is 10.2. The number of benzene rings is 1. The van der Waals surface area contributed by atoms with Crippen LogP contribution in [0.15, 0.2) is 30.3 Å². The summed E-state index contributed by atoms with van der Waals surface area (Å²) in [6.45, 7) is 8.10. The Kier molecular flexibility index (Phi) is 4.84. The van der Waals surface area contributed by atoms with Crippen LogP contribution in [0, 0.1) is 11.3 Å². The molecule has 3 nitrogen and oxygen atoms in total. The second-order valence-electron chi connectivity index (χ2n) is 6.57. The molecule has 3 heteroatoms. The fourth-order valence-electron chi connectivity index (χ4n) is 2.53. The Morgan fingerprint density at radius 2 is 1.80 bits per heavy atom. The van der Waals surface area contributed by atoms with Crippen molar-refractivity contribution in [1.82, 2.24) is 0 Å². The molecule has 2 rings (SSSR count). The molecule has 0 radical (unpaired) electrons. The highest BCUT2D eigenvalue weighted by atomic mass is 16.7. The van der Waals surface area contributed by atoms with Gasteiger partial charge in [-0.05, 0) is 18.4 Å². The number of hydrogen-bond donors (Lipinski definition) is 1. The molecule has 0 spiro atoms. The highest BCUT2D eigenvalue weighted by molar-refractivity contribution is 5.14. The van der Waals surface area contributed by atoms with E-state index in [0.717, 1.165) is 12.8 Å². The largest absolute Gasteiger partial charge is 0.367 e. The summed E-state index contributed by atoms with van der Waals surface area (Å²) in [5.41, 5.74) is 0.911. The molecular weight excluding hydrogens is 252 g/mol. The molecule has 1 aliphatic heterocycles. The molecule has 0 aromatic heterocycles. The van der Waals surface area contributed by atoms with E-state index in [9.17, 15) is 5.11 Å². The van der Waals surface area contributed by atoms with Gasteiger partial charge in [-0.2, -0.15) is 0 Å². The summed E-state index contributed by atoms with van der Waals surface area (Å²) < 4.78 is 11.7. The van der Waals surface area contributed by atoms with Gasteiger partial charge < -0.3 is 14.6 Å². The standard InChI is InChI=1S/C17H26O3/c1-12(2)15-19-14(17(3,4)16(18)20-15)11-10-13-8-6-5-7-9-13/h5-9,12,14-16,18H,10-11H2,1-4H3/t14-,15-,16-/m0/s1. The maximum Gasteiger partial charge on any atom is 0.165 e. The lowest BCUT2D eigenvalue weighted by molar-refractivity contribution is -0.356. The van der Waals surface area contributed by atoms with E-state index < -0.39 is 6.29 Å². The van der Waals surface area contributed by atoms with Crippen molar-refractivity contribution in [3.05, 3.63) is 35.9 Å². The smallest absolute Gasteiger partial charge is 0.165 e. The fraction of sp³-hybridized carbons (Fsp3) is 0.647. The van der Waals surface area contributed by atoms with Gasteiger partial charge in [-0.15, -0.1) is 0 Å². The van der Waals surface area contributed by atoms with Crippen LogP contribution in [0.4, 0.5) is 0 Å². The number of rotatable bonds is 4. The van der Waals surface area contributed by atoms with Crippen molar-refractivity contribution < 1.29 is 14.6 Å². The van der Waals surface area contributed by atoms with Gasteiger partial charge in [0.15, 0.2) is 12.6 Å². The van der Waals surface area contributed by atoms with Gasteiger partial charge in [0.1, 0.15) is 0 Å². The third-order valence-electron chi connectivity index (χ3n) is 4.11. The zero-order valence-corrected chi connectivity index (χ0v) is 12.9. The first kappa shape index (κ1) is 15.5. The SMILES string of the molecule is CC(C)[C@H]1O[C@@H](CCc2ccccc2)C(C)(C)[C@@H](O)O1. The molecule has 112 valence electrons. The van der Waals surface area contributed by atoms with Crippen molar-refractivity contribution in [2.75, 3.05) is 0 Å². The molecule has 1 saturated heterocycles. The monoisotopic (exact) mass is 278 g/mol. The molecule has 0 aliphatic carbocycles. The van der Waals surface area contributed by atoms with Gasteiger partial charge >= 0.3 is 0 Å². The third kappa shape index (κ3) is 3.40. The molecule has 1 fully saturated rings. The number of ether oxygens (including phenoxy) is 2. The first-order valence-corrected chi connectivity index (χ1v) is 7.44. The van der Waals surface area contributed by atoms with E-state index in [-0.39, 0.29) is 23.7 Å². The van der Waals surface area contributed by atoms with Crippen LogP contribution in [0.3, 0.4) is 0 Å². The Hall–Kier alpha value is -0.900.